The lowest BCUT2D eigenvalue weighted by Crippen LogP contribution is -2.56. The first-order valence-electron chi connectivity index (χ1n) is 31.4. The van der Waals surface area contributed by atoms with Gasteiger partial charge in [-0.25, -0.2) is 47.9 Å². The Labute approximate surface area is 541 Å². The van der Waals surface area contributed by atoms with Gasteiger partial charge in [-0.15, -0.1) is 0 Å². The molecular formula is C59H111BrN20O10. The number of benzene rings is 1. The molecule has 1 rings (SSSR count). The number of carbonyl (C=O) groups excluding carboxylic acids is 10. The standard InChI is InChI=1S/C59H111BrN20O10/c1-33(2)21-44(27-65-50(81)61-16)75-54(85)62-24-39(13)71-51(82)68-30-47(36(7)8)78-57(88)66-28-45(22-34(3)4)76-55(86)63-25-40(14)72-52(83)69-31-48(37(9)10)79-58(89)67-29-46(23-35(5)6)77-56(87)64-26-41(15)73-53(84)70-32-49(38(11)12)80-59(90)74-43-19-17-42(60)18-20-43/h17-20,33-41,44-49H,21-32H2,1-16H3,(H2,61,65,81)(H2,62,75,85)(H2,63,76,86)(H2,64,77,87)(H2,66,78,88)(H2,67,79,89)(H2,68,71,82)(H2,69,72,83)(H2,70,73,84)(H2,74,80,90)/t39-,40-,41-,44-,45-,46-,47+,48+,49+/m0/s1. The molecule has 0 aromatic heterocycles. The van der Waals surface area contributed by atoms with Gasteiger partial charge in [0.2, 0.25) is 0 Å². The number of halogens is 1. The SMILES string of the molecule is CNC(=O)NC[C@H](CC(C)C)NC(=O)NC[C@H](C)NC(=O)NC[C@@H](NC(=O)NC[C@H](CC(C)C)NC(=O)NC[C@H](C)NC(=O)NC[C@@H](NC(=O)NC[C@H](CC(C)C)NC(=O)NC[C@H](C)NC(=O)NC[C@@H](NC(=O)Nc1ccc(Br)cc1)C(C)C)C(C)C)C(C)C. The van der Waals surface area contributed by atoms with Crippen molar-refractivity contribution in [1.82, 2.24) is 101 Å². The Kier molecular flexibility index (Phi) is 39.3. The predicted molar refractivity (Wildman–Crippen MR) is 355 cm³/mol. The van der Waals surface area contributed by atoms with Crippen LogP contribution in [0.2, 0.25) is 0 Å². The van der Waals surface area contributed by atoms with E-state index < -0.39 is 96.6 Å². The Hall–Kier alpha value is -7.60. The van der Waals surface area contributed by atoms with E-state index in [1.54, 1.807) is 32.9 Å². The number of nitrogens with one attached hydrogen (secondary N) is 20. The zero-order valence-electron chi connectivity index (χ0n) is 55.9. The predicted octanol–water partition coefficient (Wildman–Crippen LogP) is 4.38. The van der Waals surface area contributed by atoms with Crippen LogP contribution in [-0.2, 0) is 0 Å². The molecule has 20 amide bonds. The molecule has 0 aliphatic carbocycles. The van der Waals surface area contributed by atoms with Crippen molar-refractivity contribution in [3.8, 4) is 0 Å². The van der Waals surface area contributed by atoms with Gasteiger partial charge in [0.1, 0.15) is 0 Å². The van der Waals surface area contributed by atoms with Gasteiger partial charge in [0.05, 0.1) is 18.1 Å². The van der Waals surface area contributed by atoms with Crippen LogP contribution in [-0.4, -0.2) is 181 Å². The number of urea groups is 10. The molecule has 0 heterocycles. The van der Waals surface area contributed by atoms with Crippen LogP contribution in [0.3, 0.4) is 0 Å². The lowest BCUT2D eigenvalue weighted by molar-refractivity contribution is 0.220. The first kappa shape index (κ1) is 80.4. The van der Waals surface area contributed by atoms with E-state index in [1.807, 2.05) is 95.2 Å². The summed E-state index contributed by atoms with van der Waals surface area (Å²) in [5, 5.41) is 56.0. The van der Waals surface area contributed by atoms with Crippen molar-refractivity contribution in [2.24, 2.45) is 35.5 Å². The average molecular weight is 1340 g/mol. The third-order valence-electron chi connectivity index (χ3n) is 13.8. The molecule has 0 saturated carbocycles. The number of amides is 20. The van der Waals surface area contributed by atoms with Crippen LogP contribution in [0.1, 0.15) is 123 Å². The van der Waals surface area contributed by atoms with Crippen molar-refractivity contribution in [1.29, 1.82) is 0 Å². The van der Waals surface area contributed by atoms with Gasteiger partial charge in [-0.2, -0.15) is 0 Å². The zero-order chi connectivity index (χ0) is 68.0. The summed E-state index contributed by atoms with van der Waals surface area (Å²) in [6.45, 7) is 29.7. The molecule has 20 N–H and O–H groups in total. The van der Waals surface area contributed by atoms with Crippen LogP contribution >= 0.6 is 15.9 Å². The van der Waals surface area contributed by atoms with Gasteiger partial charge >= 0.3 is 60.3 Å². The fourth-order valence-corrected chi connectivity index (χ4v) is 8.99. The van der Waals surface area contributed by atoms with Crippen LogP contribution in [0.5, 0.6) is 0 Å². The van der Waals surface area contributed by atoms with E-state index in [0.717, 1.165) is 4.47 Å². The second-order valence-corrected chi connectivity index (χ2v) is 26.1. The molecule has 0 radical (unpaired) electrons. The Balaban J connectivity index is 2.57. The Morgan fingerprint density at radius 2 is 0.556 bits per heavy atom. The van der Waals surface area contributed by atoms with Crippen molar-refractivity contribution in [3.05, 3.63) is 28.7 Å². The van der Waals surface area contributed by atoms with Crippen LogP contribution in [0.15, 0.2) is 28.7 Å². The highest BCUT2D eigenvalue weighted by Gasteiger charge is 2.25. The summed E-state index contributed by atoms with van der Waals surface area (Å²) in [6.07, 6.45) is 1.73. The van der Waals surface area contributed by atoms with Crippen molar-refractivity contribution < 1.29 is 47.9 Å². The molecule has 9 atom stereocenters. The molecular weight excluding hydrogens is 1230 g/mol. The molecule has 0 spiro atoms. The first-order chi connectivity index (χ1) is 42.2. The van der Waals surface area contributed by atoms with E-state index in [9.17, 15) is 47.9 Å². The highest BCUT2D eigenvalue weighted by molar-refractivity contribution is 9.10. The molecule has 0 saturated heterocycles. The normalized spacial score (nSPS) is 14.1. The minimum atomic E-state index is -0.518. The highest BCUT2D eigenvalue weighted by atomic mass is 79.9. The molecule has 1 aromatic rings. The smallest absolute Gasteiger partial charge is 0.319 e. The van der Waals surface area contributed by atoms with Crippen LogP contribution in [0, 0.1) is 35.5 Å². The Bertz CT molecular complexity index is 2350. The number of hydrogen-bond acceptors (Lipinski definition) is 10. The molecule has 0 bridgehead atoms. The molecule has 31 heteroatoms. The highest BCUT2D eigenvalue weighted by Crippen LogP contribution is 2.15. The number of rotatable bonds is 37. The molecule has 0 unspecified atom stereocenters. The summed E-state index contributed by atoms with van der Waals surface area (Å²) in [4.78, 5) is 128. The summed E-state index contributed by atoms with van der Waals surface area (Å²) in [5.41, 5.74) is 0.619. The molecule has 90 heavy (non-hydrogen) atoms. The summed E-state index contributed by atoms with van der Waals surface area (Å²) in [6, 6.07) is -1.40. The first-order valence-corrected chi connectivity index (χ1v) is 32.2. The minimum Gasteiger partial charge on any atom is -0.341 e. The molecule has 30 nitrogen and oxygen atoms in total. The lowest BCUT2D eigenvalue weighted by atomic mass is 10.0. The van der Waals surface area contributed by atoms with Gasteiger partial charge < -0.3 is 106 Å². The fraction of sp³-hybridized carbons (Fsp3) is 0.729. The van der Waals surface area contributed by atoms with E-state index in [0.29, 0.717) is 24.9 Å². The van der Waals surface area contributed by atoms with Gasteiger partial charge in [-0.3, -0.25) is 0 Å². The topological polar surface area (TPSA) is 411 Å². The van der Waals surface area contributed by atoms with Crippen molar-refractivity contribution in [3.63, 3.8) is 0 Å². The number of anilines is 1. The second-order valence-electron chi connectivity index (χ2n) is 25.1. The van der Waals surface area contributed by atoms with Crippen molar-refractivity contribution >= 4 is 81.9 Å². The monoisotopic (exact) mass is 1340 g/mol. The second kappa shape index (κ2) is 44.0. The van der Waals surface area contributed by atoms with Crippen LogP contribution < -0.4 is 106 Å². The molecule has 0 aliphatic heterocycles. The maximum Gasteiger partial charge on any atom is 0.319 e. The summed E-state index contributed by atoms with van der Waals surface area (Å²) in [7, 11) is 1.51. The quantitative estimate of drug-likeness (QED) is 0.0446. The van der Waals surface area contributed by atoms with Gasteiger partial charge in [0, 0.05) is 112 Å². The minimum absolute atomic E-state index is 0.00938. The van der Waals surface area contributed by atoms with E-state index in [4.69, 9.17) is 0 Å². The Morgan fingerprint density at radius 1 is 0.311 bits per heavy atom. The summed E-state index contributed by atoms with van der Waals surface area (Å²) < 4.78 is 0.882. The molecule has 0 aliphatic rings. The fourth-order valence-electron chi connectivity index (χ4n) is 8.72. The van der Waals surface area contributed by atoms with Crippen molar-refractivity contribution in [2.45, 2.75) is 177 Å². The number of hydrogen-bond donors (Lipinski definition) is 20. The van der Waals surface area contributed by atoms with Gasteiger partial charge in [0.25, 0.3) is 0 Å². The van der Waals surface area contributed by atoms with E-state index in [2.05, 4.69) is 122 Å². The molecule has 0 fully saturated rings. The average Bonchev–Trinajstić information content (AvgIpc) is 3.34. The third kappa shape index (κ3) is 39.4. The zero-order valence-corrected chi connectivity index (χ0v) is 57.5. The van der Waals surface area contributed by atoms with Gasteiger partial charge in [-0.05, 0) is 99.8 Å². The maximum absolute atomic E-state index is 13.2. The summed E-state index contributed by atoms with van der Waals surface area (Å²) in [5.74, 6) is 0.456. The maximum atomic E-state index is 13.2. The van der Waals surface area contributed by atoms with E-state index in [-0.39, 0.29) is 113 Å². The summed E-state index contributed by atoms with van der Waals surface area (Å²) >= 11 is 3.37. The number of carbonyl (C=O) groups is 10. The van der Waals surface area contributed by atoms with Gasteiger partial charge in [0.15, 0.2) is 0 Å². The Morgan fingerprint density at radius 3 is 0.833 bits per heavy atom. The van der Waals surface area contributed by atoms with Gasteiger partial charge in [-0.1, -0.05) is 99.0 Å². The third-order valence-corrected chi connectivity index (χ3v) is 14.3. The van der Waals surface area contributed by atoms with E-state index in [1.165, 1.54) is 7.05 Å². The van der Waals surface area contributed by atoms with E-state index >= 15 is 0 Å². The van der Waals surface area contributed by atoms with Crippen LogP contribution in [0.4, 0.5) is 53.6 Å². The largest absolute Gasteiger partial charge is 0.341 e. The molecule has 514 valence electrons. The van der Waals surface area contributed by atoms with Crippen LogP contribution in [0.25, 0.3) is 0 Å². The van der Waals surface area contributed by atoms with Crippen molar-refractivity contribution in [2.75, 3.05) is 71.3 Å². The molecule has 1 aromatic carbocycles. The lowest BCUT2D eigenvalue weighted by Gasteiger charge is -2.26.